The van der Waals surface area contributed by atoms with Gasteiger partial charge in [0, 0.05) is 24.8 Å². The van der Waals surface area contributed by atoms with Gasteiger partial charge in [0.25, 0.3) is 0 Å². The van der Waals surface area contributed by atoms with Crippen LogP contribution >= 0.6 is 11.3 Å². The molecule has 25 heavy (non-hydrogen) atoms. The third kappa shape index (κ3) is 4.52. The fraction of sp³-hybridized carbons (Fsp3) is 0.421. The molecule has 3 aromatic rings. The minimum atomic E-state index is -0.0292. The molecule has 3 rings (SSSR count). The van der Waals surface area contributed by atoms with Crippen molar-refractivity contribution in [3.63, 3.8) is 0 Å². The predicted molar refractivity (Wildman–Crippen MR) is 104 cm³/mol. The number of hydrogen-bond donors (Lipinski definition) is 2. The number of nitrogens with one attached hydrogen (secondary N) is 1. The van der Waals surface area contributed by atoms with Gasteiger partial charge in [0.2, 0.25) is 0 Å². The average Bonchev–Trinajstić information content (AvgIpc) is 3.06. The standard InChI is InChI=1S/C19H24N4OS/c1-13-22-16(14-5-6-15-17(9-14)25-12-21-15)10-18(23-13)20-8-4-7-19(2,3)11-24/h5-6,9-10,12,24H,4,7-8,11H2,1-3H3,(H,20,22,23). The Morgan fingerprint density at radius 2 is 2.04 bits per heavy atom. The maximum absolute atomic E-state index is 9.32. The Kier molecular flexibility index (Phi) is 5.30. The maximum atomic E-state index is 9.32. The van der Waals surface area contributed by atoms with Gasteiger partial charge in [-0.15, -0.1) is 11.3 Å². The SMILES string of the molecule is Cc1nc(NCCCC(C)(C)CO)cc(-c2ccc3ncsc3c2)n1. The number of aliphatic hydroxyl groups is 1. The van der Waals surface area contributed by atoms with Gasteiger partial charge < -0.3 is 10.4 Å². The van der Waals surface area contributed by atoms with E-state index in [1.54, 1.807) is 11.3 Å². The lowest BCUT2D eigenvalue weighted by Crippen LogP contribution is -2.18. The number of nitrogens with zero attached hydrogens (tertiary/aromatic N) is 3. The summed E-state index contributed by atoms with van der Waals surface area (Å²) in [6.45, 7) is 7.11. The van der Waals surface area contributed by atoms with Gasteiger partial charge in [0.05, 0.1) is 21.4 Å². The predicted octanol–water partition coefficient (Wildman–Crippen LogP) is 4.27. The van der Waals surface area contributed by atoms with Crippen molar-refractivity contribution in [1.29, 1.82) is 0 Å². The quantitative estimate of drug-likeness (QED) is 0.619. The fourth-order valence-electron chi connectivity index (χ4n) is 2.68. The van der Waals surface area contributed by atoms with Gasteiger partial charge >= 0.3 is 0 Å². The number of benzene rings is 1. The van der Waals surface area contributed by atoms with Crippen molar-refractivity contribution in [2.45, 2.75) is 33.6 Å². The van der Waals surface area contributed by atoms with Gasteiger partial charge in [-0.2, -0.15) is 0 Å². The summed E-state index contributed by atoms with van der Waals surface area (Å²) in [7, 11) is 0. The molecule has 0 spiro atoms. The van der Waals surface area contributed by atoms with Crippen LogP contribution in [0.15, 0.2) is 29.8 Å². The van der Waals surface area contributed by atoms with Crippen molar-refractivity contribution in [2.75, 3.05) is 18.5 Å². The minimum Gasteiger partial charge on any atom is -0.396 e. The summed E-state index contributed by atoms with van der Waals surface area (Å²) >= 11 is 1.64. The van der Waals surface area contributed by atoms with Crippen LogP contribution in [0.2, 0.25) is 0 Å². The minimum absolute atomic E-state index is 0.0292. The number of aliphatic hydroxyl groups excluding tert-OH is 1. The van der Waals surface area contributed by atoms with E-state index in [1.165, 1.54) is 0 Å². The van der Waals surface area contributed by atoms with E-state index in [1.807, 2.05) is 24.6 Å². The number of anilines is 1. The van der Waals surface area contributed by atoms with Crippen LogP contribution in [0.3, 0.4) is 0 Å². The Bertz CT molecular complexity index is 860. The molecule has 2 heterocycles. The number of thiazole rings is 1. The van der Waals surface area contributed by atoms with Gasteiger partial charge in [0.15, 0.2) is 0 Å². The number of rotatable bonds is 7. The Labute approximate surface area is 152 Å². The molecule has 2 N–H and O–H groups in total. The van der Waals surface area contributed by atoms with Crippen molar-refractivity contribution in [1.82, 2.24) is 15.0 Å². The Balaban J connectivity index is 1.72. The van der Waals surface area contributed by atoms with E-state index in [2.05, 4.69) is 46.2 Å². The second-order valence-corrected chi connectivity index (χ2v) is 7.96. The summed E-state index contributed by atoms with van der Waals surface area (Å²) in [6.07, 6.45) is 1.95. The van der Waals surface area contributed by atoms with E-state index in [0.29, 0.717) is 0 Å². The van der Waals surface area contributed by atoms with Crippen molar-refractivity contribution in [2.24, 2.45) is 5.41 Å². The molecule has 2 aromatic heterocycles. The van der Waals surface area contributed by atoms with Crippen molar-refractivity contribution in [3.05, 3.63) is 35.6 Å². The number of hydrogen-bond acceptors (Lipinski definition) is 6. The summed E-state index contributed by atoms with van der Waals surface area (Å²) < 4.78 is 1.16. The van der Waals surface area contributed by atoms with Crippen molar-refractivity contribution < 1.29 is 5.11 Å². The van der Waals surface area contributed by atoms with E-state index in [9.17, 15) is 5.11 Å². The highest BCUT2D eigenvalue weighted by Gasteiger charge is 2.15. The molecule has 0 atom stereocenters. The first-order valence-electron chi connectivity index (χ1n) is 8.51. The van der Waals surface area contributed by atoms with Gasteiger partial charge in [-0.1, -0.05) is 19.9 Å². The van der Waals surface area contributed by atoms with Crippen LogP contribution < -0.4 is 5.32 Å². The lowest BCUT2D eigenvalue weighted by atomic mass is 9.89. The third-order valence-electron chi connectivity index (χ3n) is 4.23. The molecular weight excluding hydrogens is 332 g/mol. The van der Waals surface area contributed by atoms with E-state index < -0.39 is 0 Å². The highest BCUT2D eigenvalue weighted by Crippen LogP contribution is 2.26. The Hall–Kier alpha value is -2.05. The van der Waals surface area contributed by atoms with E-state index in [4.69, 9.17) is 0 Å². The van der Waals surface area contributed by atoms with Crippen LogP contribution in [-0.2, 0) is 0 Å². The second kappa shape index (κ2) is 7.45. The number of aryl methyl sites for hydroxylation is 1. The summed E-state index contributed by atoms with van der Waals surface area (Å²) in [5.41, 5.74) is 4.84. The molecule has 0 aliphatic rings. The molecule has 5 nitrogen and oxygen atoms in total. The topological polar surface area (TPSA) is 70.9 Å². The van der Waals surface area contributed by atoms with Crippen molar-refractivity contribution in [3.8, 4) is 11.3 Å². The van der Waals surface area contributed by atoms with Crippen molar-refractivity contribution >= 4 is 27.4 Å². The van der Waals surface area contributed by atoms with Gasteiger partial charge in [0.1, 0.15) is 11.6 Å². The van der Waals surface area contributed by atoms with Crippen LogP contribution in [0, 0.1) is 12.3 Å². The fourth-order valence-corrected chi connectivity index (χ4v) is 3.40. The summed E-state index contributed by atoms with van der Waals surface area (Å²) in [4.78, 5) is 13.4. The molecule has 0 saturated heterocycles. The molecule has 6 heteroatoms. The molecule has 0 unspecified atom stereocenters. The zero-order valence-corrected chi connectivity index (χ0v) is 15.7. The summed E-state index contributed by atoms with van der Waals surface area (Å²) in [5, 5.41) is 12.7. The first kappa shape index (κ1) is 17.8. The normalized spacial score (nSPS) is 11.8. The van der Waals surface area contributed by atoms with Crippen LogP contribution in [0.25, 0.3) is 21.5 Å². The monoisotopic (exact) mass is 356 g/mol. The molecule has 1 aromatic carbocycles. The maximum Gasteiger partial charge on any atom is 0.130 e. The Morgan fingerprint density at radius 1 is 1.20 bits per heavy atom. The molecule has 0 bridgehead atoms. The molecular formula is C19H24N4OS. The van der Waals surface area contributed by atoms with Crippen LogP contribution in [0.5, 0.6) is 0 Å². The first-order chi connectivity index (χ1) is 12.0. The zero-order chi connectivity index (χ0) is 17.9. The summed E-state index contributed by atoms with van der Waals surface area (Å²) in [5.74, 6) is 1.59. The lowest BCUT2D eigenvalue weighted by molar-refractivity contribution is 0.149. The van der Waals surface area contributed by atoms with Gasteiger partial charge in [-0.25, -0.2) is 15.0 Å². The number of aromatic nitrogens is 3. The van der Waals surface area contributed by atoms with E-state index >= 15 is 0 Å². The molecule has 0 radical (unpaired) electrons. The van der Waals surface area contributed by atoms with Crippen LogP contribution in [0.1, 0.15) is 32.5 Å². The molecule has 132 valence electrons. The first-order valence-corrected chi connectivity index (χ1v) is 9.39. The smallest absolute Gasteiger partial charge is 0.130 e. The molecule has 0 amide bonds. The second-order valence-electron chi connectivity index (χ2n) is 7.07. The van der Waals surface area contributed by atoms with Crippen LogP contribution in [-0.4, -0.2) is 33.2 Å². The molecule has 0 aliphatic carbocycles. The molecule has 0 fully saturated rings. The highest BCUT2D eigenvalue weighted by atomic mass is 32.1. The summed E-state index contributed by atoms with van der Waals surface area (Å²) in [6, 6.07) is 8.20. The molecule has 0 aliphatic heterocycles. The Morgan fingerprint density at radius 3 is 2.84 bits per heavy atom. The third-order valence-corrected chi connectivity index (χ3v) is 5.02. The highest BCUT2D eigenvalue weighted by molar-refractivity contribution is 7.16. The van der Waals surface area contributed by atoms with Crippen LogP contribution in [0.4, 0.5) is 5.82 Å². The lowest BCUT2D eigenvalue weighted by Gasteiger charge is -2.21. The molecule has 0 saturated carbocycles. The van der Waals surface area contributed by atoms with E-state index in [-0.39, 0.29) is 12.0 Å². The van der Waals surface area contributed by atoms with Gasteiger partial charge in [-0.3, -0.25) is 0 Å². The number of fused-ring (bicyclic) bond motifs is 1. The van der Waals surface area contributed by atoms with E-state index in [0.717, 1.165) is 52.5 Å². The largest absolute Gasteiger partial charge is 0.396 e. The zero-order valence-electron chi connectivity index (χ0n) is 14.9. The van der Waals surface area contributed by atoms with Gasteiger partial charge in [-0.05, 0) is 37.3 Å². The average molecular weight is 356 g/mol.